The van der Waals surface area contributed by atoms with Gasteiger partial charge in [0.1, 0.15) is 17.7 Å². The van der Waals surface area contributed by atoms with E-state index in [2.05, 4.69) is 4.90 Å². The highest BCUT2D eigenvalue weighted by Gasteiger charge is 2.16. The van der Waals surface area contributed by atoms with Gasteiger partial charge in [-0.05, 0) is 43.0 Å². The van der Waals surface area contributed by atoms with Gasteiger partial charge in [0.05, 0.1) is 5.02 Å². The van der Waals surface area contributed by atoms with E-state index in [1.54, 1.807) is 0 Å². The van der Waals surface area contributed by atoms with Crippen LogP contribution in [0, 0.1) is 29.6 Å². The minimum Gasteiger partial charge on any atom is -0.371 e. The number of benzene rings is 1. The normalized spacial score (nSPS) is 13.8. The molecule has 1 saturated heterocycles. The van der Waals surface area contributed by atoms with E-state index in [1.807, 2.05) is 31.2 Å². The van der Waals surface area contributed by atoms with Crippen LogP contribution in [0.15, 0.2) is 17.7 Å². The van der Waals surface area contributed by atoms with Crippen LogP contribution < -0.4 is 4.90 Å². The molecule has 2 rings (SSSR count). The molecule has 0 radical (unpaired) electrons. The summed E-state index contributed by atoms with van der Waals surface area (Å²) in [7, 11) is 0. The van der Waals surface area contributed by atoms with Gasteiger partial charge in [0, 0.05) is 18.8 Å². The van der Waals surface area contributed by atoms with E-state index >= 15 is 0 Å². The molecule has 1 aromatic rings. The Morgan fingerprint density at radius 3 is 2.47 bits per heavy atom. The number of nitrogens with zero attached hydrogens (tertiary/aromatic N) is 3. The first-order valence-corrected chi connectivity index (χ1v) is 6.61. The molecule has 0 unspecified atom stereocenters. The predicted molar refractivity (Wildman–Crippen MR) is 76.8 cm³/mol. The van der Waals surface area contributed by atoms with Gasteiger partial charge in [-0.2, -0.15) is 10.5 Å². The number of halogens is 1. The van der Waals surface area contributed by atoms with Crippen LogP contribution >= 0.6 is 11.6 Å². The molecule has 0 aliphatic carbocycles. The molecule has 1 aliphatic rings. The summed E-state index contributed by atoms with van der Waals surface area (Å²) in [6.45, 7) is 4.10. The number of hydrogen-bond acceptors (Lipinski definition) is 3. The van der Waals surface area contributed by atoms with Crippen molar-refractivity contribution in [2.75, 3.05) is 18.0 Å². The number of allylic oxidation sites excluding steroid dienone is 1. The second-order valence-corrected chi connectivity index (χ2v) is 4.97. The van der Waals surface area contributed by atoms with E-state index in [4.69, 9.17) is 22.1 Å². The van der Waals surface area contributed by atoms with Crippen molar-refractivity contribution >= 4 is 23.4 Å². The first kappa shape index (κ1) is 13.5. The van der Waals surface area contributed by atoms with Gasteiger partial charge in [-0.15, -0.1) is 0 Å². The third kappa shape index (κ3) is 2.72. The average Bonchev–Trinajstić information content (AvgIpc) is 2.94. The minimum atomic E-state index is 0.0650. The molecule has 0 aromatic heterocycles. The maximum atomic E-state index is 8.78. The van der Waals surface area contributed by atoms with Crippen molar-refractivity contribution in [1.29, 1.82) is 10.5 Å². The lowest BCUT2D eigenvalue weighted by Gasteiger charge is -2.21. The Bertz CT molecular complexity index is 583. The van der Waals surface area contributed by atoms with Gasteiger partial charge in [0.15, 0.2) is 0 Å². The average molecular weight is 272 g/mol. The monoisotopic (exact) mass is 271 g/mol. The van der Waals surface area contributed by atoms with E-state index in [0.717, 1.165) is 29.9 Å². The minimum absolute atomic E-state index is 0.0650. The lowest BCUT2D eigenvalue weighted by molar-refractivity contribution is 0.949. The van der Waals surface area contributed by atoms with Crippen LogP contribution in [0.2, 0.25) is 5.02 Å². The van der Waals surface area contributed by atoms with Crippen LogP contribution in [-0.4, -0.2) is 13.1 Å². The van der Waals surface area contributed by atoms with Crippen molar-refractivity contribution in [3.63, 3.8) is 0 Å². The fourth-order valence-electron chi connectivity index (χ4n) is 2.35. The molecule has 0 spiro atoms. The molecule has 3 nitrogen and oxygen atoms in total. The third-order valence-corrected chi connectivity index (χ3v) is 3.88. The second-order valence-electron chi connectivity index (χ2n) is 4.59. The van der Waals surface area contributed by atoms with Crippen molar-refractivity contribution in [3.05, 3.63) is 33.9 Å². The Kier molecular flexibility index (Phi) is 4.10. The van der Waals surface area contributed by atoms with Gasteiger partial charge in [0.25, 0.3) is 0 Å². The molecule has 0 saturated carbocycles. The zero-order valence-corrected chi connectivity index (χ0v) is 11.5. The predicted octanol–water partition coefficient (Wildman–Crippen LogP) is 3.68. The SMILES string of the molecule is Cc1c(N2CCCC2)ccc(C=C(C#N)C#N)c1Cl. The van der Waals surface area contributed by atoms with E-state index in [9.17, 15) is 0 Å². The molecule has 1 aliphatic heterocycles. The Labute approximate surface area is 118 Å². The van der Waals surface area contributed by atoms with E-state index < -0.39 is 0 Å². The van der Waals surface area contributed by atoms with Crippen LogP contribution in [0.3, 0.4) is 0 Å². The van der Waals surface area contributed by atoms with Crippen LogP contribution in [0.5, 0.6) is 0 Å². The molecule has 1 fully saturated rings. The van der Waals surface area contributed by atoms with Gasteiger partial charge < -0.3 is 4.90 Å². The Hall–Kier alpha value is -1.97. The molecule has 4 heteroatoms. The summed E-state index contributed by atoms with van der Waals surface area (Å²) in [6.07, 6.45) is 3.96. The molecule has 1 aromatic carbocycles. The largest absolute Gasteiger partial charge is 0.371 e. The molecule has 0 N–H and O–H groups in total. The summed E-state index contributed by atoms with van der Waals surface area (Å²) < 4.78 is 0. The van der Waals surface area contributed by atoms with Crippen molar-refractivity contribution in [3.8, 4) is 12.1 Å². The molecule has 0 bridgehead atoms. The first-order chi connectivity index (χ1) is 9.17. The maximum absolute atomic E-state index is 8.78. The van der Waals surface area contributed by atoms with Gasteiger partial charge in [-0.25, -0.2) is 0 Å². The lowest BCUT2D eigenvalue weighted by atomic mass is 10.1. The quantitative estimate of drug-likeness (QED) is 0.771. The Morgan fingerprint density at radius 1 is 1.26 bits per heavy atom. The molecule has 19 heavy (non-hydrogen) atoms. The van der Waals surface area contributed by atoms with E-state index in [-0.39, 0.29) is 5.57 Å². The molecular formula is C15H14ClN3. The standard InChI is InChI=1S/C15H14ClN3/c1-11-14(19-6-2-3-7-19)5-4-13(15(11)16)8-12(9-17)10-18/h4-5,8H,2-3,6-7H2,1H3. The topological polar surface area (TPSA) is 50.8 Å². The lowest BCUT2D eigenvalue weighted by Crippen LogP contribution is -2.18. The highest BCUT2D eigenvalue weighted by atomic mass is 35.5. The van der Waals surface area contributed by atoms with Gasteiger partial charge in [-0.1, -0.05) is 17.7 Å². The van der Waals surface area contributed by atoms with Gasteiger partial charge >= 0.3 is 0 Å². The fourth-order valence-corrected chi connectivity index (χ4v) is 2.57. The zero-order chi connectivity index (χ0) is 13.8. The third-order valence-electron chi connectivity index (χ3n) is 3.38. The van der Waals surface area contributed by atoms with Crippen LogP contribution in [0.25, 0.3) is 6.08 Å². The van der Waals surface area contributed by atoms with Gasteiger partial charge in [0.2, 0.25) is 0 Å². The summed E-state index contributed by atoms with van der Waals surface area (Å²) in [5.41, 5.74) is 2.94. The van der Waals surface area contributed by atoms with Crippen molar-refractivity contribution in [2.45, 2.75) is 19.8 Å². The molecular weight excluding hydrogens is 258 g/mol. The van der Waals surface area contributed by atoms with E-state index in [0.29, 0.717) is 5.02 Å². The summed E-state index contributed by atoms with van der Waals surface area (Å²) in [5.74, 6) is 0. The number of hydrogen-bond donors (Lipinski definition) is 0. The van der Waals surface area contributed by atoms with Crippen molar-refractivity contribution in [1.82, 2.24) is 0 Å². The van der Waals surface area contributed by atoms with Crippen LogP contribution in [0.1, 0.15) is 24.0 Å². The fraction of sp³-hybridized carbons (Fsp3) is 0.333. The Morgan fingerprint density at radius 2 is 1.89 bits per heavy atom. The highest BCUT2D eigenvalue weighted by molar-refractivity contribution is 6.33. The number of nitriles is 2. The summed E-state index contributed by atoms with van der Waals surface area (Å²) in [4.78, 5) is 2.32. The number of rotatable bonds is 2. The summed E-state index contributed by atoms with van der Waals surface area (Å²) >= 11 is 6.34. The van der Waals surface area contributed by atoms with Gasteiger partial charge in [-0.3, -0.25) is 0 Å². The zero-order valence-electron chi connectivity index (χ0n) is 10.8. The van der Waals surface area contributed by atoms with Crippen LogP contribution in [-0.2, 0) is 0 Å². The van der Waals surface area contributed by atoms with Crippen LogP contribution in [0.4, 0.5) is 5.69 Å². The molecule has 1 heterocycles. The number of anilines is 1. The Balaban J connectivity index is 2.41. The molecule has 0 atom stereocenters. The molecule has 96 valence electrons. The van der Waals surface area contributed by atoms with Crippen molar-refractivity contribution < 1.29 is 0 Å². The highest BCUT2D eigenvalue weighted by Crippen LogP contribution is 2.32. The smallest absolute Gasteiger partial charge is 0.130 e. The first-order valence-electron chi connectivity index (χ1n) is 6.23. The van der Waals surface area contributed by atoms with Crippen molar-refractivity contribution in [2.24, 2.45) is 0 Å². The maximum Gasteiger partial charge on any atom is 0.130 e. The molecule has 0 amide bonds. The summed E-state index contributed by atoms with van der Waals surface area (Å²) in [5, 5.41) is 18.2. The second kappa shape index (κ2) is 5.78. The summed E-state index contributed by atoms with van der Waals surface area (Å²) in [6, 6.07) is 7.59. The van der Waals surface area contributed by atoms with E-state index in [1.165, 1.54) is 18.9 Å².